The minimum atomic E-state index is -0.443. The van der Waals surface area contributed by atoms with Gasteiger partial charge in [-0.15, -0.1) is 0 Å². The summed E-state index contributed by atoms with van der Waals surface area (Å²) in [5.41, 5.74) is 1.82. The molecule has 0 aliphatic heterocycles. The predicted octanol–water partition coefficient (Wildman–Crippen LogP) is 3.48. The summed E-state index contributed by atoms with van der Waals surface area (Å²) >= 11 is 1.23. The first kappa shape index (κ1) is 13.7. The van der Waals surface area contributed by atoms with Crippen molar-refractivity contribution in [3.63, 3.8) is 0 Å². The van der Waals surface area contributed by atoms with Crippen molar-refractivity contribution >= 4 is 43.5 Å². The highest BCUT2D eigenvalue weighted by Crippen LogP contribution is 2.23. The van der Waals surface area contributed by atoms with Gasteiger partial charge in [0.2, 0.25) is 0 Å². The van der Waals surface area contributed by atoms with E-state index in [0.717, 1.165) is 5.52 Å². The van der Waals surface area contributed by atoms with Gasteiger partial charge in [0.05, 0.1) is 11.0 Å². The highest BCUT2D eigenvalue weighted by Gasteiger charge is 2.09. The van der Waals surface area contributed by atoms with Crippen LogP contribution in [-0.4, -0.2) is 15.0 Å². The van der Waals surface area contributed by atoms with E-state index in [4.69, 9.17) is 0 Å². The molecule has 0 saturated heterocycles. The molecule has 2 aromatic heterocycles. The molecule has 0 aliphatic rings. The minimum Gasteiger partial charge on any atom is -0.331 e. The molecule has 1 N–H and O–H groups in total. The molecule has 7 heteroatoms. The normalized spacial score (nSPS) is 11.0. The van der Waals surface area contributed by atoms with E-state index in [1.54, 1.807) is 18.2 Å². The summed E-state index contributed by atoms with van der Waals surface area (Å²) in [5, 5.41) is 3.37. The molecular formula is C16H9FN4OS. The molecule has 0 saturated carbocycles. The van der Waals surface area contributed by atoms with Crippen LogP contribution in [0.25, 0.3) is 21.4 Å². The molecule has 0 atom stereocenters. The third-order valence-electron chi connectivity index (χ3n) is 3.23. The second-order valence-corrected chi connectivity index (χ2v) is 5.80. The molecule has 112 valence electrons. The lowest BCUT2D eigenvalue weighted by Gasteiger charge is -2.05. The fraction of sp³-hybridized carbons (Fsp3) is 0. The third-order valence-corrected chi connectivity index (χ3v) is 4.10. The van der Waals surface area contributed by atoms with E-state index in [2.05, 4.69) is 20.3 Å². The van der Waals surface area contributed by atoms with Crippen molar-refractivity contribution in [3.05, 3.63) is 64.7 Å². The quantitative estimate of drug-likeness (QED) is 0.572. The van der Waals surface area contributed by atoms with E-state index in [-0.39, 0.29) is 11.3 Å². The van der Waals surface area contributed by atoms with Gasteiger partial charge in [-0.2, -0.15) is 4.98 Å². The second-order valence-electron chi connectivity index (χ2n) is 4.82. The summed E-state index contributed by atoms with van der Waals surface area (Å²) in [4.78, 5) is 25.5. The molecule has 0 spiro atoms. The molecular weight excluding hydrogens is 315 g/mol. The predicted molar refractivity (Wildman–Crippen MR) is 88.7 cm³/mol. The monoisotopic (exact) mass is 324 g/mol. The highest BCUT2D eigenvalue weighted by molar-refractivity contribution is 7.21. The second kappa shape index (κ2) is 5.36. The smallest absolute Gasteiger partial charge is 0.301 e. The van der Waals surface area contributed by atoms with Gasteiger partial charge in [-0.1, -0.05) is 23.5 Å². The standard InChI is InChI=1S/C16H9FN4OS/c17-9-5-7-10(8-6-9)18-16-21-14(22)13-15(23-16)20-12-4-2-1-3-11(12)19-13/h1-8H,(H,18,21,22). The van der Waals surface area contributed by atoms with Crippen LogP contribution in [0.1, 0.15) is 0 Å². The van der Waals surface area contributed by atoms with Crippen molar-refractivity contribution in [3.8, 4) is 0 Å². The minimum absolute atomic E-state index is 0.248. The number of nitrogens with one attached hydrogen (secondary N) is 1. The number of anilines is 2. The largest absolute Gasteiger partial charge is 0.331 e. The highest BCUT2D eigenvalue weighted by atomic mass is 32.1. The van der Waals surface area contributed by atoms with Crippen LogP contribution in [0.4, 0.5) is 15.2 Å². The van der Waals surface area contributed by atoms with Crippen LogP contribution in [0.15, 0.2) is 53.3 Å². The maximum absolute atomic E-state index is 12.9. The molecule has 0 amide bonds. The van der Waals surface area contributed by atoms with Gasteiger partial charge in [0, 0.05) is 5.69 Å². The summed E-state index contributed by atoms with van der Waals surface area (Å²) in [7, 11) is 0. The fourth-order valence-electron chi connectivity index (χ4n) is 2.16. The van der Waals surface area contributed by atoms with Crippen molar-refractivity contribution in [2.75, 3.05) is 5.32 Å². The molecule has 0 aliphatic carbocycles. The number of hydrogen-bond donors (Lipinski definition) is 1. The Bertz CT molecular complexity index is 1080. The van der Waals surface area contributed by atoms with Crippen LogP contribution in [0.5, 0.6) is 0 Å². The lowest BCUT2D eigenvalue weighted by atomic mass is 10.3. The third kappa shape index (κ3) is 2.62. The lowest BCUT2D eigenvalue weighted by molar-refractivity contribution is 0.628. The molecule has 0 bridgehead atoms. The van der Waals surface area contributed by atoms with Crippen molar-refractivity contribution in [2.45, 2.75) is 0 Å². The van der Waals surface area contributed by atoms with Gasteiger partial charge < -0.3 is 5.32 Å². The van der Waals surface area contributed by atoms with Crippen molar-refractivity contribution in [1.29, 1.82) is 0 Å². The first-order valence-electron chi connectivity index (χ1n) is 6.79. The Labute approximate surface area is 133 Å². The van der Waals surface area contributed by atoms with Gasteiger partial charge in [0.15, 0.2) is 15.5 Å². The van der Waals surface area contributed by atoms with E-state index >= 15 is 0 Å². The first-order valence-corrected chi connectivity index (χ1v) is 7.61. The van der Waals surface area contributed by atoms with Crippen LogP contribution in [0, 0.1) is 5.82 Å². The van der Waals surface area contributed by atoms with Gasteiger partial charge in [-0.25, -0.2) is 14.4 Å². The van der Waals surface area contributed by atoms with E-state index in [1.807, 2.05) is 18.2 Å². The van der Waals surface area contributed by atoms with Gasteiger partial charge in [0.1, 0.15) is 5.82 Å². The van der Waals surface area contributed by atoms with Crippen molar-refractivity contribution in [1.82, 2.24) is 15.0 Å². The maximum Gasteiger partial charge on any atom is 0.301 e. The molecule has 5 nitrogen and oxygen atoms in total. The number of rotatable bonds is 2. The lowest BCUT2D eigenvalue weighted by Crippen LogP contribution is -2.10. The molecule has 2 aromatic carbocycles. The summed E-state index contributed by atoms with van der Waals surface area (Å²) < 4.78 is 12.9. The summed E-state index contributed by atoms with van der Waals surface area (Å²) in [5.74, 6) is -0.326. The Balaban J connectivity index is 1.83. The Kier molecular flexibility index (Phi) is 3.20. The van der Waals surface area contributed by atoms with E-state index < -0.39 is 5.56 Å². The molecule has 23 heavy (non-hydrogen) atoms. The van der Waals surface area contributed by atoms with E-state index in [1.165, 1.54) is 23.5 Å². The Hall–Kier alpha value is -2.93. The van der Waals surface area contributed by atoms with Gasteiger partial charge >= 0.3 is 5.56 Å². The summed E-state index contributed by atoms with van der Waals surface area (Å²) in [6, 6.07) is 13.2. The van der Waals surface area contributed by atoms with E-state index in [9.17, 15) is 9.18 Å². The average Bonchev–Trinajstić information content (AvgIpc) is 2.56. The topological polar surface area (TPSA) is 67.8 Å². The molecule has 4 aromatic rings. The molecule has 0 radical (unpaired) electrons. The maximum atomic E-state index is 12.9. The van der Waals surface area contributed by atoms with Crippen LogP contribution >= 0.6 is 11.3 Å². The zero-order valence-electron chi connectivity index (χ0n) is 11.7. The molecule has 2 heterocycles. The van der Waals surface area contributed by atoms with Crippen molar-refractivity contribution < 1.29 is 4.39 Å². The number of benzene rings is 2. The van der Waals surface area contributed by atoms with Crippen LogP contribution in [-0.2, 0) is 0 Å². The average molecular weight is 324 g/mol. The SMILES string of the molecule is O=c1nc(Nc2ccc(F)cc2)sc2nc3ccccc3nc12. The number of nitrogens with zero attached hydrogens (tertiary/aromatic N) is 3. The van der Waals surface area contributed by atoms with E-state index in [0.29, 0.717) is 21.2 Å². The number of fused-ring (bicyclic) bond motifs is 2. The van der Waals surface area contributed by atoms with Crippen molar-refractivity contribution in [2.24, 2.45) is 0 Å². The Morgan fingerprint density at radius 1 is 0.913 bits per heavy atom. The zero-order valence-corrected chi connectivity index (χ0v) is 12.5. The fourth-order valence-corrected chi connectivity index (χ4v) is 3.02. The Morgan fingerprint density at radius 2 is 1.61 bits per heavy atom. The van der Waals surface area contributed by atoms with Gasteiger partial charge in [-0.3, -0.25) is 4.79 Å². The molecule has 0 unspecified atom stereocenters. The summed E-state index contributed by atoms with van der Waals surface area (Å²) in [6.07, 6.45) is 0. The molecule has 4 rings (SSSR count). The molecule has 0 fully saturated rings. The summed E-state index contributed by atoms with van der Waals surface area (Å²) in [6.45, 7) is 0. The van der Waals surface area contributed by atoms with Gasteiger partial charge in [0.25, 0.3) is 0 Å². The number of hydrogen-bond acceptors (Lipinski definition) is 6. The zero-order chi connectivity index (χ0) is 15.8. The van der Waals surface area contributed by atoms with Crippen LogP contribution < -0.4 is 10.9 Å². The Morgan fingerprint density at radius 3 is 2.35 bits per heavy atom. The van der Waals surface area contributed by atoms with Gasteiger partial charge in [-0.05, 0) is 36.4 Å². The number of aromatic nitrogens is 3. The number of para-hydroxylation sites is 2. The first-order chi connectivity index (χ1) is 11.2. The van der Waals surface area contributed by atoms with Crippen LogP contribution in [0.2, 0.25) is 0 Å². The van der Waals surface area contributed by atoms with Crippen LogP contribution in [0.3, 0.4) is 0 Å². The number of halogens is 1.